The topological polar surface area (TPSA) is 49.6 Å². The number of rotatable bonds is 2. The second kappa shape index (κ2) is 3.91. The highest BCUT2D eigenvalue weighted by molar-refractivity contribution is 14.1. The van der Waals surface area contributed by atoms with Crippen LogP contribution in [0.15, 0.2) is 12.4 Å². The second-order valence-corrected chi connectivity index (χ2v) is 3.00. The Morgan fingerprint density at radius 2 is 2.15 bits per heavy atom. The zero-order chi connectivity index (χ0) is 9.90. The van der Waals surface area contributed by atoms with E-state index in [0.29, 0.717) is 0 Å². The van der Waals surface area contributed by atoms with Crippen molar-refractivity contribution >= 4 is 22.6 Å². The third kappa shape index (κ3) is 2.30. The molecule has 0 aromatic carbocycles. The fourth-order valence-corrected chi connectivity index (χ4v) is 1.03. The van der Waals surface area contributed by atoms with Gasteiger partial charge in [-0.05, 0) is 0 Å². The van der Waals surface area contributed by atoms with Crippen LogP contribution in [0.5, 0.6) is 0 Å². The van der Waals surface area contributed by atoms with Crippen molar-refractivity contribution in [1.82, 2.24) is 9.97 Å². The molecule has 0 aliphatic carbocycles. The maximum atomic E-state index is 12.9. The van der Waals surface area contributed by atoms with E-state index in [9.17, 15) is 8.78 Å². The van der Waals surface area contributed by atoms with Gasteiger partial charge in [-0.3, -0.25) is 4.98 Å². The third-order valence-electron chi connectivity index (χ3n) is 1.31. The van der Waals surface area contributed by atoms with Crippen LogP contribution in [0.2, 0.25) is 0 Å². The molecule has 0 unspecified atom stereocenters. The molecule has 0 fully saturated rings. The van der Waals surface area contributed by atoms with Crippen LogP contribution in [0.3, 0.4) is 0 Å². The van der Waals surface area contributed by atoms with Crippen molar-refractivity contribution in [3.63, 3.8) is 0 Å². The number of alkyl halides is 3. The van der Waals surface area contributed by atoms with Crippen molar-refractivity contribution in [3.8, 4) is 6.07 Å². The van der Waals surface area contributed by atoms with Gasteiger partial charge in [-0.2, -0.15) is 14.0 Å². The summed E-state index contributed by atoms with van der Waals surface area (Å²) in [5.41, 5.74) is -0.367. The lowest BCUT2D eigenvalue weighted by Crippen LogP contribution is -2.17. The van der Waals surface area contributed by atoms with E-state index in [-0.39, 0.29) is 10.1 Å². The Morgan fingerprint density at radius 3 is 2.54 bits per heavy atom. The van der Waals surface area contributed by atoms with Crippen LogP contribution in [-0.4, -0.2) is 14.4 Å². The summed E-state index contributed by atoms with van der Waals surface area (Å²) in [5, 5.41) is 8.35. The highest BCUT2D eigenvalue weighted by atomic mass is 127. The van der Waals surface area contributed by atoms with Gasteiger partial charge in [0.25, 0.3) is 5.92 Å². The first-order chi connectivity index (χ1) is 6.10. The first-order valence-electron chi connectivity index (χ1n) is 3.26. The molecule has 6 heteroatoms. The van der Waals surface area contributed by atoms with Crippen LogP contribution in [0.25, 0.3) is 0 Å². The van der Waals surface area contributed by atoms with E-state index < -0.39 is 11.6 Å². The van der Waals surface area contributed by atoms with Crippen molar-refractivity contribution < 1.29 is 8.78 Å². The molecule has 0 bridgehead atoms. The lowest BCUT2D eigenvalue weighted by atomic mass is 10.3. The number of nitriles is 1. The van der Waals surface area contributed by atoms with Crippen LogP contribution < -0.4 is 0 Å². The van der Waals surface area contributed by atoms with Crippen LogP contribution in [0.4, 0.5) is 8.78 Å². The van der Waals surface area contributed by atoms with Gasteiger partial charge >= 0.3 is 0 Å². The average Bonchev–Trinajstić information content (AvgIpc) is 2.18. The van der Waals surface area contributed by atoms with Crippen LogP contribution in [-0.2, 0) is 5.92 Å². The van der Waals surface area contributed by atoms with E-state index in [1.165, 1.54) is 0 Å². The molecule has 0 amide bonds. The van der Waals surface area contributed by atoms with Crippen LogP contribution >= 0.6 is 22.6 Å². The first-order valence-corrected chi connectivity index (χ1v) is 4.79. The molecule has 0 saturated carbocycles. The minimum absolute atomic E-state index is 0.0352. The van der Waals surface area contributed by atoms with Gasteiger partial charge in [0.15, 0.2) is 5.69 Å². The molecule has 0 aliphatic heterocycles. The molecule has 0 saturated heterocycles. The minimum Gasteiger partial charge on any atom is -0.250 e. The Balaban J connectivity index is 3.00. The number of hydrogen-bond donors (Lipinski definition) is 0. The molecule has 13 heavy (non-hydrogen) atoms. The predicted octanol–water partition coefficient (Wildman–Crippen LogP) is 1.88. The quantitative estimate of drug-likeness (QED) is 0.618. The SMILES string of the molecule is N#Cc1cnc(C(F)(F)CI)cn1. The number of halogens is 3. The van der Waals surface area contributed by atoms with Crippen molar-refractivity contribution in [2.45, 2.75) is 5.92 Å². The Bertz CT molecular complexity index is 331. The van der Waals surface area contributed by atoms with E-state index in [1.807, 2.05) is 0 Å². The van der Waals surface area contributed by atoms with Gasteiger partial charge in [-0.1, -0.05) is 22.6 Å². The summed E-state index contributed by atoms with van der Waals surface area (Å²) in [7, 11) is 0. The second-order valence-electron chi connectivity index (χ2n) is 2.24. The number of hydrogen-bond acceptors (Lipinski definition) is 3. The van der Waals surface area contributed by atoms with Crippen LogP contribution in [0, 0.1) is 11.3 Å². The summed E-state index contributed by atoms with van der Waals surface area (Å²) in [6.45, 7) is 0. The summed E-state index contributed by atoms with van der Waals surface area (Å²) in [6, 6.07) is 1.70. The van der Waals surface area contributed by atoms with E-state index in [2.05, 4.69) is 9.97 Å². The summed E-state index contributed by atoms with van der Waals surface area (Å²) in [4.78, 5) is 6.96. The normalized spacial score (nSPS) is 10.9. The zero-order valence-electron chi connectivity index (χ0n) is 6.34. The van der Waals surface area contributed by atoms with Gasteiger partial charge < -0.3 is 0 Å². The third-order valence-corrected chi connectivity index (χ3v) is 2.27. The maximum absolute atomic E-state index is 12.9. The lowest BCUT2D eigenvalue weighted by Gasteiger charge is -2.10. The van der Waals surface area contributed by atoms with Crippen molar-refractivity contribution in [2.24, 2.45) is 0 Å². The Labute approximate surface area is 87.0 Å². The molecular weight excluding hydrogens is 291 g/mol. The molecule has 0 aliphatic rings. The molecule has 1 aromatic rings. The highest BCUT2D eigenvalue weighted by Gasteiger charge is 2.31. The van der Waals surface area contributed by atoms with Gasteiger partial charge in [0.2, 0.25) is 0 Å². The van der Waals surface area contributed by atoms with Crippen molar-refractivity contribution in [3.05, 3.63) is 23.8 Å². The number of nitrogens with zero attached hydrogens (tertiary/aromatic N) is 3. The standard InChI is InChI=1S/C7H4F2IN3/c8-7(9,4-10)6-3-12-5(1-11)2-13-6/h2-3H,4H2. The maximum Gasteiger partial charge on any atom is 0.299 e. The number of aromatic nitrogens is 2. The minimum atomic E-state index is -2.97. The predicted molar refractivity (Wildman–Crippen MR) is 49.5 cm³/mol. The van der Waals surface area contributed by atoms with Gasteiger partial charge in [0.1, 0.15) is 11.8 Å². The summed E-state index contributed by atoms with van der Waals surface area (Å²) in [5.74, 6) is -2.97. The van der Waals surface area contributed by atoms with Gasteiger partial charge in [0, 0.05) is 0 Å². The first kappa shape index (κ1) is 10.2. The fourth-order valence-electron chi connectivity index (χ4n) is 0.643. The Morgan fingerprint density at radius 1 is 1.46 bits per heavy atom. The fraction of sp³-hybridized carbons (Fsp3) is 0.286. The summed E-state index contributed by atoms with van der Waals surface area (Å²) < 4.78 is 25.5. The zero-order valence-corrected chi connectivity index (χ0v) is 8.49. The Kier molecular flexibility index (Phi) is 3.08. The molecule has 3 nitrogen and oxygen atoms in total. The molecule has 0 N–H and O–H groups in total. The average molecular weight is 295 g/mol. The van der Waals surface area contributed by atoms with Crippen molar-refractivity contribution in [1.29, 1.82) is 5.26 Å². The van der Waals surface area contributed by atoms with Gasteiger partial charge in [-0.25, -0.2) is 4.98 Å². The smallest absolute Gasteiger partial charge is 0.250 e. The molecular formula is C7H4F2IN3. The van der Waals surface area contributed by atoms with E-state index in [1.54, 1.807) is 28.7 Å². The van der Waals surface area contributed by atoms with E-state index >= 15 is 0 Å². The molecule has 68 valence electrons. The molecule has 1 rings (SSSR count). The molecule has 1 aromatic heterocycles. The van der Waals surface area contributed by atoms with E-state index in [0.717, 1.165) is 12.4 Å². The largest absolute Gasteiger partial charge is 0.299 e. The highest BCUT2D eigenvalue weighted by Crippen LogP contribution is 2.27. The van der Waals surface area contributed by atoms with Gasteiger partial charge in [0.05, 0.1) is 16.8 Å². The molecule has 0 radical (unpaired) electrons. The summed E-state index contributed by atoms with van der Waals surface area (Å²) in [6.07, 6.45) is 1.97. The van der Waals surface area contributed by atoms with E-state index in [4.69, 9.17) is 5.26 Å². The van der Waals surface area contributed by atoms with Crippen molar-refractivity contribution in [2.75, 3.05) is 4.43 Å². The monoisotopic (exact) mass is 295 g/mol. The molecule has 0 spiro atoms. The molecule has 1 heterocycles. The molecule has 0 atom stereocenters. The Hall–Kier alpha value is -0.840. The lowest BCUT2D eigenvalue weighted by molar-refractivity contribution is 0.0213. The van der Waals surface area contributed by atoms with Crippen LogP contribution in [0.1, 0.15) is 11.4 Å². The van der Waals surface area contributed by atoms with Gasteiger partial charge in [-0.15, -0.1) is 0 Å². The summed E-state index contributed by atoms with van der Waals surface area (Å²) >= 11 is 1.57.